The Morgan fingerprint density at radius 3 is 2.70 bits per heavy atom. The Labute approximate surface area is 158 Å². The zero-order valence-electron chi connectivity index (χ0n) is 15.5. The molecule has 0 radical (unpaired) electrons. The molecule has 1 aromatic carbocycles. The van der Waals surface area contributed by atoms with Crippen molar-refractivity contribution in [3.8, 4) is 11.5 Å². The van der Waals surface area contributed by atoms with Crippen LogP contribution in [-0.2, 0) is 11.3 Å². The van der Waals surface area contributed by atoms with Crippen molar-refractivity contribution in [3.63, 3.8) is 0 Å². The topological polar surface area (TPSA) is 94.6 Å². The van der Waals surface area contributed by atoms with Crippen LogP contribution >= 0.6 is 0 Å². The van der Waals surface area contributed by atoms with E-state index in [-0.39, 0.29) is 17.7 Å². The molecule has 0 saturated carbocycles. The molecule has 1 atom stereocenters. The van der Waals surface area contributed by atoms with Gasteiger partial charge in [0.25, 0.3) is 5.91 Å². The number of amides is 1. The minimum Gasteiger partial charge on any atom is -0.493 e. The summed E-state index contributed by atoms with van der Waals surface area (Å²) in [5.74, 6) is 1.60. The van der Waals surface area contributed by atoms with Gasteiger partial charge in [-0.15, -0.1) is 10.2 Å². The van der Waals surface area contributed by atoms with Crippen LogP contribution in [0.2, 0.25) is 0 Å². The lowest BCUT2D eigenvalue weighted by Gasteiger charge is -2.11. The van der Waals surface area contributed by atoms with Crippen LogP contribution in [0.25, 0.3) is 0 Å². The average molecular weight is 372 g/mol. The van der Waals surface area contributed by atoms with E-state index >= 15 is 0 Å². The Hall–Kier alpha value is -2.87. The molecule has 27 heavy (non-hydrogen) atoms. The van der Waals surface area contributed by atoms with E-state index in [1.165, 1.54) is 0 Å². The molecule has 1 unspecified atom stereocenters. The number of carbonyl (C=O) groups excluding carboxylic acids is 1. The van der Waals surface area contributed by atoms with E-state index < -0.39 is 0 Å². The SMILES string of the molecule is COc1ccc(CNC(=O)c2ccc(NCC3CCCO3)nn2)cc1OC. The number of ether oxygens (including phenoxy) is 3. The fraction of sp³-hybridized carbons (Fsp3) is 0.421. The number of hydrogen-bond acceptors (Lipinski definition) is 7. The van der Waals surface area contributed by atoms with Crippen LogP contribution < -0.4 is 20.1 Å². The lowest BCUT2D eigenvalue weighted by Crippen LogP contribution is -2.24. The fourth-order valence-electron chi connectivity index (χ4n) is 2.83. The van der Waals surface area contributed by atoms with Crippen LogP contribution in [0.1, 0.15) is 28.9 Å². The van der Waals surface area contributed by atoms with E-state index in [1.54, 1.807) is 32.4 Å². The molecule has 8 nitrogen and oxygen atoms in total. The van der Waals surface area contributed by atoms with Gasteiger partial charge in [0.1, 0.15) is 5.82 Å². The summed E-state index contributed by atoms with van der Waals surface area (Å²) in [7, 11) is 3.15. The number of rotatable bonds is 8. The second-order valence-electron chi connectivity index (χ2n) is 6.19. The van der Waals surface area contributed by atoms with E-state index in [9.17, 15) is 4.79 Å². The summed E-state index contributed by atoms with van der Waals surface area (Å²) in [5.41, 5.74) is 1.15. The summed E-state index contributed by atoms with van der Waals surface area (Å²) in [5, 5.41) is 14.0. The highest BCUT2D eigenvalue weighted by molar-refractivity contribution is 5.92. The van der Waals surface area contributed by atoms with Gasteiger partial charge >= 0.3 is 0 Å². The van der Waals surface area contributed by atoms with Gasteiger partial charge in [0.2, 0.25) is 0 Å². The maximum atomic E-state index is 12.3. The molecule has 1 aliphatic rings. The predicted molar refractivity (Wildman–Crippen MR) is 100 cm³/mol. The molecule has 1 aromatic heterocycles. The number of benzene rings is 1. The fourth-order valence-corrected chi connectivity index (χ4v) is 2.83. The Morgan fingerprint density at radius 1 is 1.19 bits per heavy atom. The Balaban J connectivity index is 1.51. The number of aromatic nitrogens is 2. The first-order chi connectivity index (χ1) is 13.2. The van der Waals surface area contributed by atoms with Crippen molar-refractivity contribution < 1.29 is 19.0 Å². The summed E-state index contributed by atoms with van der Waals surface area (Å²) in [6.07, 6.45) is 2.37. The predicted octanol–water partition coefficient (Wildman–Crippen LogP) is 2.01. The zero-order chi connectivity index (χ0) is 19.1. The van der Waals surface area contributed by atoms with E-state index in [2.05, 4.69) is 20.8 Å². The van der Waals surface area contributed by atoms with Crippen LogP contribution in [-0.4, -0.2) is 49.6 Å². The van der Waals surface area contributed by atoms with Crippen LogP contribution in [0.15, 0.2) is 30.3 Å². The standard InChI is InChI=1S/C19H24N4O4/c1-25-16-7-5-13(10-17(16)26-2)11-21-19(24)15-6-8-18(23-22-15)20-12-14-4-3-9-27-14/h5-8,10,14H,3-4,9,11-12H2,1-2H3,(H,20,23)(H,21,24). The van der Waals surface area contributed by atoms with Crippen molar-refractivity contribution in [2.24, 2.45) is 0 Å². The van der Waals surface area contributed by atoms with Gasteiger partial charge in [-0.25, -0.2) is 0 Å². The number of hydrogen-bond donors (Lipinski definition) is 2. The number of methoxy groups -OCH3 is 2. The third-order valence-electron chi connectivity index (χ3n) is 4.33. The third kappa shape index (κ3) is 5.07. The van der Waals surface area contributed by atoms with Crippen molar-refractivity contribution in [2.45, 2.75) is 25.5 Å². The first-order valence-electron chi connectivity index (χ1n) is 8.88. The van der Waals surface area contributed by atoms with Gasteiger partial charge < -0.3 is 24.8 Å². The van der Waals surface area contributed by atoms with E-state index in [4.69, 9.17) is 14.2 Å². The van der Waals surface area contributed by atoms with Crippen molar-refractivity contribution in [3.05, 3.63) is 41.6 Å². The molecule has 0 aliphatic carbocycles. The minimum atomic E-state index is -0.289. The highest BCUT2D eigenvalue weighted by Crippen LogP contribution is 2.27. The lowest BCUT2D eigenvalue weighted by atomic mass is 10.2. The molecule has 3 rings (SSSR count). The van der Waals surface area contributed by atoms with E-state index in [0.29, 0.717) is 30.4 Å². The Kier molecular flexibility index (Phi) is 6.43. The van der Waals surface area contributed by atoms with Gasteiger partial charge in [0.15, 0.2) is 17.2 Å². The van der Waals surface area contributed by atoms with Crippen LogP contribution in [0.4, 0.5) is 5.82 Å². The van der Waals surface area contributed by atoms with Crippen LogP contribution in [0, 0.1) is 0 Å². The number of carbonyl (C=O) groups is 1. The molecule has 8 heteroatoms. The molecular formula is C19H24N4O4. The molecule has 2 heterocycles. The molecule has 0 spiro atoms. The van der Waals surface area contributed by atoms with Crippen LogP contribution in [0.5, 0.6) is 11.5 Å². The Bertz CT molecular complexity index is 761. The van der Waals surface area contributed by atoms with Gasteiger partial charge in [-0.2, -0.15) is 0 Å². The molecule has 2 aromatic rings. The average Bonchev–Trinajstić information content (AvgIpc) is 3.24. The third-order valence-corrected chi connectivity index (χ3v) is 4.33. The van der Waals surface area contributed by atoms with Gasteiger partial charge in [0, 0.05) is 19.7 Å². The number of nitrogens with zero attached hydrogens (tertiary/aromatic N) is 2. The Morgan fingerprint density at radius 2 is 2.04 bits per heavy atom. The number of anilines is 1. The highest BCUT2D eigenvalue weighted by atomic mass is 16.5. The van der Waals surface area contributed by atoms with Gasteiger partial charge in [-0.3, -0.25) is 4.79 Å². The molecule has 0 bridgehead atoms. The maximum Gasteiger partial charge on any atom is 0.272 e. The summed E-state index contributed by atoms with van der Waals surface area (Å²) in [4.78, 5) is 12.3. The van der Waals surface area contributed by atoms with Crippen LogP contribution in [0.3, 0.4) is 0 Å². The monoisotopic (exact) mass is 372 g/mol. The largest absolute Gasteiger partial charge is 0.493 e. The molecule has 1 amide bonds. The number of nitrogens with one attached hydrogen (secondary N) is 2. The summed E-state index contributed by atoms with van der Waals surface area (Å²) in [6, 6.07) is 8.88. The highest BCUT2D eigenvalue weighted by Gasteiger charge is 2.15. The first kappa shape index (κ1) is 18.9. The van der Waals surface area contributed by atoms with Crippen molar-refractivity contribution in [1.29, 1.82) is 0 Å². The zero-order valence-corrected chi connectivity index (χ0v) is 15.5. The lowest BCUT2D eigenvalue weighted by molar-refractivity contribution is 0.0944. The van der Waals surface area contributed by atoms with Gasteiger partial charge in [-0.05, 0) is 42.7 Å². The molecule has 1 fully saturated rings. The van der Waals surface area contributed by atoms with Gasteiger partial charge in [-0.1, -0.05) is 6.07 Å². The second kappa shape index (κ2) is 9.18. The second-order valence-corrected chi connectivity index (χ2v) is 6.19. The van der Waals surface area contributed by atoms with Crippen molar-refractivity contribution in [2.75, 3.05) is 32.7 Å². The maximum absolute atomic E-state index is 12.3. The smallest absolute Gasteiger partial charge is 0.272 e. The van der Waals surface area contributed by atoms with Crippen molar-refractivity contribution in [1.82, 2.24) is 15.5 Å². The minimum absolute atomic E-state index is 0.219. The normalized spacial score (nSPS) is 16.0. The molecular weight excluding hydrogens is 348 g/mol. The van der Waals surface area contributed by atoms with E-state index in [0.717, 1.165) is 25.0 Å². The summed E-state index contributed by atoms with van der Waals surface area (Å²) >= 11 is 0. The van der Waals surface area contributed by atoms with Crippen molar-refractivity contribution >= 4 is 11.7 Å². The quantitative estimate of drug-likeness (QED) is 0.732. The summed E-state index contributed by atoms with van der Waals surface area (Å²) in [6.45, 7) is 1.86. The summed E-state index contributed by atoms with van der Waals surface area (Å²) < 4.78 is 16.0. The molecule has 2 N–H and O–H groups in total. The first-order valence-corrected chi connectivity index (χ1v) is 8.88. The molecule has 1 saturated heterocycles. The van der Waals surface area contributed by atoms with Gasteiger partial charge in [0.05, 0.1) is 20.3 Å². The molecule has 144 valence electrons. The molecule has 1 aliphatic heterocycles. The van der Waals surface area contributed by atoms with E-state index in [1.807, 2.05) is 12.1 Å².